The van der Waals surface area contributed by atoms with Crippen LogP contribution in [0.5, 0.6) is 0 Å². The number of nitrogens with zero attached hydrogens (tertiary/aromatic N) is 1. The van der Waals surface area contributed by atoms with Crippen molar-refractivity contribution in [1.82, 2.24) is 10.2 Å². The summed E-state index contributed by atoms with van der Waals surface area (Å²) in [6.07, 6.45) is 1.15. The average Bonchev–Trinajstić information content (AvgIpc) is 3.57. The highest BCUT2D eigenvalue weighted by atomic mass is 19.1. The lowest BCUT2D eigenvalue weighted by Gasteiger charge is -2.24. The normalized spacial score (nSPS) is 20.1. The van der Waals surface area contributed by atoms with Crippen LogP contribution in [0, 0.1) is 11.7 Å². The monoisotopic (exact) mass is 439 g/mol. The predicted octanol–water partition coefficient (Wildman–Crippen LogP) is 3.76. The predicted molar refractivity (Wildman–Crippen MR) is 116 cm³/mol. The van der Waals surface area contributed by atoms with Crippen LogP contribution in [-0.4, -0.2) is 35.4 Å². The molecule has 0 radical (unpaired) electrons. The van der Waals surface area contributed by atoms with E-state index in [2.05, 4.69) is 10.6 Å². The molecule has 2 aromatic rings. The summed E-state index contributed by atoms with van der Waals surface area (Å²) in [5.41, 5.74) is 1.98. The minimum atomic E-state index is -0.859. The summed E-state index contributed by atoms with van der Waals surface area (Å²) in [5.74, 6) is -0.266. The molecule has 2 fully saturated rings. The minimum absolute atomic E-state index is 0.104. The van der Waals surface area contributed by atoms with Crippen molar-refractivity contribution in [2.45, 2.75) is 44.9 Å². The topological polar surface area (TPSA) is 87.7 Å². The van der Waals surface area contributed by atoms with Crippen LogP contribution in [0.4, 0.5) is 14.9 Å². The molecule has 1 heterocycles. The van der Waals surface area contributed by atoms with Gasteiger partial charge < -0.3 is 15.4 Å². The smallest absolute Gasteiger partial charge is 0.411 e. The van der Waals surface area contributed by atoms with Crippen molar-refractivity contribution in [1.29, 1.82) is 0 Å². The molecule has 1 aliphatic heterocycles. The summed E-state index contributed by atoms with van der Waals surface area (Å²) < 4.78 is 18.9. The first-order valence-electron chi connectivity index (χ1n) is 10.8. The van der Waals surface area contributed by atoms with E-state index in [0.29, 0.717) is 35.7 Å². The van der Waals surface area contributed by atoms with Crippen LogP contribution in [-0.2, 0) is 20.9 Å². The standard InChI is InChI=1S/C24H26FN3O4/c1-2-20(29)27-19-11-7-17(8-12-19)22-21(23(30)26-13-15-3-4-15)28(24(31)32-22)14-16-5-9-18(25)10-6-16/h5-12,15,21-22H,2-4,13-14H2,1H3,(H,26,30)(H,27,29). The second kappa shape index (κ2) is 9.38. The molecule has 7 nitrogen and oxygen atoms in total. The fourth-order valence-electron chi connectivity index (χ4n) is 3.67. The van der Waals surface area contributed by atoms with Crippen molar-refractivity contribution < 1.29 is 23.5 Å². The van der Waals surface area contributed by atoms with Crippen molar-refractivity contribution in [2.24, 2.45) is 5.92 Å². The van der Waals surface area contributed by atoms with Gasteiger partial charge in [0.05, 0.1) is 6.54 Å². The van der Waals surface area contributed by atoms with E-state index in [4.69, 9.17) is 4.74 Å². The second-order valence-electron chi connectivity index (χ2n) is 8.22. The molecule has 2 aliphatic rings. The molecule has 8 heteroatoms. The van der Waals surface area contributed by atoms with Gasteiger partial charge in [-0.2, -0.15) is 0 Å². The first-order valence-corrected chi connectivity index (χ1v) is 10.8. The number of rotatable bonds is 8. The summed E-state index contributed by atoms with van der Waals surface area (Å²) >= 11 is 0. The van der Waals surface area contributed by atoms with E-state index >= 15 is 0 Å². The SMILES string of the molecule is CCC(=O)Nc1ccc(C2OC(=O)N(Cc3ccc(F)cc3)C2C(=O)NCC2CC2)cc1. The van der Waals surface area contributed by atoms with Gasteiger partial charge in [-0.25, -0.2) is 9.18 Å². The summed E-state index contributed by atoms with van der Waals surface area (Å²) in [6, 6.07) is 11.9. The molecule has 1 saturated carbocycles. The third-order valence-corrected chi connectivity index (χ3v) is 5.73. The van der Waals surface area contributed by atoms with E-state index in [0.717, 1.165) is 12.8 Å². The summed E-state index contributed by atoms with van der Waals surface area (Å²) in [7, 11) is 0. The van der Waals surface area contributed by atoms with Gasteiger partial charge in [-0.3, -0.25) is 14.5 Å². The highest BCUT2D eigenvalue weighted by Crippen LogP contribution is 2.35. The van der Waals surface area contributed by atoms with E-state index < -0.39 is 18.2 Å². The van der Waals surface area contributed by atoms with E-state index in [9.17, 15) is 18.8 Å². The van der Waals surface area contributed by atoms with Crippen molar-refractivity contribution in [3.05, 3.63) is 65.5 Å². The molecular formula is C24H26FN3O4. The fraction of sp³-hybridized carbons (Fsp3) is 0.375. The Morgan fingerprint density at radius 1 is 1.09 bits per heavy atom. The molecule has 1 aliphatic carbocycles. The number of ether oxygens (including phenoxy) is 1. The third-order valence-electron chi connectivity index (χ3n) is 5.73. The maximum atomic E-state index is 13.3. The lowest BCUT2D eigenvalue weighted by Crippen LogP contribution is -2.46. The van der Waals surface area contributed by atoms with E-state index in [-0.39, 0.29) is 24.2 Å². The molecule has 0 spiro atoms. The number of benzene rings is 2. The van der Waals surface area contributed by atoms with E-state index in [1.165, 1.54) is 17.0 Å². The molecule has 168 valence electrons. The van der Waals surface area contributed by atoms with Gasteiger partial charge in [0.2, 0.25) is 11.8 Å². The molecule has 2 atom stereocenters. The largest absolute Gasteiger partial charge is 0.438 e. The third kappa shape index (κ3) is 5.07. The lowest BCUT2D eigenvalue weighted by atomic mass is 10.00. The van der Waals surface area contributed by atoms with Gasteiger partial charge in [-0.1, -0.05) is 31.2 Å². The van der Waals surface area contributed by atoms with Crippen molar-refractivity contribution in [3.8, 4) is 0 Å². The minimum Gasteiger partial charge on any atom is -0.438 e. The lowest BCUT2D eigenvalue weighted by molar-refractivity contribution is -0.126. The number of hydrogen-bond donors (Lipinski definition) is 2. The quantitative estimate of drug-likeness (QED) is 0.656. The summed E-state index contributed by atoms with van der Waals surface area (Å²) in [6.45, 7) is 2.46. The Labute approximate surface area is 185 Å². The highest BCUT2D eigenvalue weighted by Gasteiger charge is 2.47. The zero-order valence-corrected chi connectivity index (χ0v) is 17.8. The Bertz CT molecular complexity index is 989. The highest BCUT2D eigenvalue weighted by molar-refractivity contribution is 5.91. The van der Waals surface area contributed by atoms with Crippen LogP contribution in [0.2, 0.25) is 0 Å². The zero-order valence-electron chi connectivity index (χ0n) is 17.8. The summed E-state index contributed by atoms with van der Waals surface area (Å²) in [4.78, 5) is 38.8. The van der Waals surface area contributed by atoms with Gasteiger partial charge in [-0.05, 0) is 54.2 Å². The van der Waals surface area contributed by atoms with Gasteiger partial charge in [-0.15, -0.1) is 0 Å². The molecule has 2 N–H and O–H groups in total. The average molecular weight is 439 g/mol. The Kier molecular flexibility index (Phi) is 6.39. The zero-order chi connectivity index (χ0) is 22.7. The molecule has 4 rings (SSSR count). The number of carbonyl (C=O) groups is 3. The Morgan fingerprint density at radius 2 is 1.78 bits per heavy atom. The number of amides is 3. The molecule has 3 amide bonds. The van der Waals surface area contributed by atoms with Crippen LogP contribution in [0.25, 0.3) is 0 Å². The number of halogens is 1. The van der Waals surface area contributed by atoms with Gasteiger partial charge >= 0.3 is 6.09 Å². The number of anilines is 1. The second-order valence-corrected chi connectivity index (χ2v) is 8.22. The molecule has 2 aromatic carbocycles. The molecule has 2 unspecified atom stereocenters. The van der Waals surface area contributed by atoms with Crippen molar-refractivity contribution in [2.75, 3.05) is 11.9 Å². The van der Waals surface area contributed by atoms with Gasteiger partial charge in [0.25, 0.3) is 0 Å². The maximum Gasteiger partial charge on any atom is 0.411 e. The first-order chi connectivity index (χ1) is 15.4. The van der Waals surface area contributed by atoms with Crippen molar-refractivity contribution in [3.63, 3.8) is 0 Å². The number of nitrogens with one attached hydrogen (secondary N) is 2. The van der Waals surface area contributed by atoms with E-state index in [1.54, 1.807) is 43.3 Å². The number of cyclic esters (lactones) is 1. The van der Waals surface area contributed by atoms with Crippen LogP contribution < -0.4 is 10.6 Å². The van der Waals surface area contributed by atoms with Gasteiger partial charge in [0, 0.05) is 18.7 Å². The van der Waals surface area contributed by atoms with Gasteiger partial charge in [0.1, 0.15) is 5.82 Å². The number of hydrogen-bond acceptors (Lipinski definition) is 4. The Balaban J connectivity index is 1.56. The molecule has 32 heavy (non-hydrogen) atoms. The molecular weight excluding hydrogens is 413 g/mol. The maximum absolute atomic E-state index is 13.3. The fourth-order valence-corrected chi connectivity index (χ4v) is 3.67. The van der Waals surface area contributed by atoms with Crippen molar-refractivity contribution >= 4 is 23.6 Å². The first kappa shape index (κ1) is 21.8. The number of carbonyl (C=O) groups excluding carboxylic acids is 3. The molecule has 1 saturated heterocycles. The van der Waals surface area contributed by atoms with Crippen LogP contribution in [0.1, 0.15) is 43.4 Å². The van der Waals surface area contributed by atoms with E-state index in [1.807, 2.05) is 0 Å². The molecule has 0 aromatic heterocycles. The van der Waals surface area contributed by atoms with Crippen LogP contribution in [0.3, 0.4) is 0 Å². The molecule has 0 bridgehead atoms. The Hall–Kier alpha value is -3.42. The summed E-state index contributed by atoms with van der Waals surface area (Å²) in [5, 5.41) is 5.72. The van der Waals surface area contributed by atoms with Crippen LogP contribution in [0.15, 0.2) is 48.5 Å². The van der Waals surface area contributed by atoms with Gasteiger partial charge in [0.15, 0.2) is 12.1 Å². The van der Waals surface area contributed by atoms with Crippen LogP contribution >= 0.6 is 0 Å². The Morgan fingerprint density at radius 3 is 2.41 bits per heavy atom.